The second kappa shape index (κ2) is 8.77. The number of benzene rings is 2. The van der Waals surface area contributed by atoms with Crippen LogP contribution in [0, 0.1) is 24.1 Å². The number of aliphatic hydroxyl groups is 1. The standard InChI is InChI=1S/C19H18FN3O.CO2/c1-3-23(15-6-5-14(11-24)17(20)9-15)19-12(2)16-7-4-13(10-21)8-18(16)22-19;2-1-3/h4-9,22,24H,3,11H2,1-2H3;. The molecule has 27 heavy (non-hydrogen) atoms. The highest BCUT2D eigenvalue weighted by Gasteiger charge is 2.16. The van der Waals surface area contributed by atoms with E-state index < -0.39 is 5.82 Å². The Balaban J connectivity index is 0.000000817. The quantitative estimate of drug-likeness (QED) is 0.735. The minimum absolute atomic E-state index is 0.250. The van der Waals surface area contributed by atoms with E-state index in [0.29, 0.717) is 17.8 Å². The van der Waals surface area contributed by atoms with E-state index in [0.717, 1.165) is 22.3 Å². The number of hydrogen-bond donors (Lipinski definition) is 2. The summed E-state index contributed by atoms with van der Waals surface area (Å²) >= 11 is 0. The highest BCUT2D eigenvalue weighted by atomic mass is 19.1. The van der Waals surface area contributed by atoms with Gasteiger partial charge in [-0.15, -0.1) is 0 Å². The number of nitriles is 1. The van der Waals surface area contributed by atoms with E-state index in [4.69, 9.17) is 20.0 Å². The van der Waals surface area contributed by atoms with Crippen molar-refractivity contribution in [3.63, 3.8) is 0 Å². The summed E-state index contributed by atoms with van der Waals surface area (Å²) in [4.78, 5) is 21.6. The minimum atomic E-state index is -0.422. The highest BCUT2D eigenvalue weighted by Crippen LogP contribution is 2.33. The fourth-order valence-corrected chi connectivity index (χ4v) is 2.97. The van der Waals surface area contributed by atoms with Crippen molar-refractivity contribution in [2.45, 2.75) is 20.5 Å². The highest BCUT2D eigenvalue weighted by molar-refractivity contribution is 5.90. The summed E-state index contributed by atoms with van der Waals surface area (Å²) < 4.78 is 14.0. The van der Waals surface area contributed by atoms with Gasteiger partial charge in [-0.05, 0) is 43.7 Å². The number of carbonyl (C=O) groups excluding carboxylic acids is 2. The zero-order valence-electron chi connectivity index (χ0n) is 14.9. The predicted octanol–water partition coefficient (Wildman–Crippen LogP) is 3.55. The summed E-state index contributed by atoms with van der Waals surface area (Å²) in [6.45, 7) is 4.32. The van der Waals surface area contributed by atoms with Gasteiger partial charge in [-0.1, -0.05) is 12.1 Å². The Hall–Kier alpha value is -3.46. The van der Waals surface area contributed by atoms with E-state index >= 15 is 0 Å². The molecule has 1 aromatic heterocycles. The molecule has 0 unspecified atom stereocenters. The van der Waals surface area contributed by atoms with Gasteiger partial charge >= 0.3 is 6.15 Å². The van der Waals surface area contributed by atoms with Gasteiger partial charge < -0.3 is 15.0 Å². The largest absolute Gasteiger partial charge is 0.392 e. The Morgan fingerprint density at radius 2 is 1.93 bits per heavy atom. The predicted molar refractivity (Wildman–Crippen MR) is 97.8 cm³/mol. The molecule has 138 valence electrons. The van der Waals surface area contributed by atoms with Crippen LogP contribution in [0.1, 0.15) is 23.6 Å². The third-order valence-electron chi connectivity index (χ3n) is 4.27. The molecule has 3 rings (SSSR count). The third kappa shape index (κ3) is 4.04. The van der Waals surface area contributed by atoms with Crippen LogP contribution in [-0.2, 0) is 16.2 Å². The van der Waals surface area contributed by atoms with Gasteiger partial charge in [0, 0.05) is 28.7 Å². The summed E-state index contributed by atoms with van der Waals surface area (Å²) in [5.74, 6) is 0.452. The number of aromatic nitrogens is 1. The lowest BCUT2D eigenvalue weighted by Gasteiger charge is -2.23. The fraction of sp³-hybridized carbons (Fsp3) is 0.200. The lowest BCUT2D eigenvalue weighted by atomic mass is 10.1. The lowest BCUT2D eigenvalue weighted by Crippen LogP contribution is -2.17. The second-order valence-electron chi connectivity index (χ2n) is 5.73. The van der Waals surface area contributed by atoms with Gasteiger partial charge in [-0.3, -0.25) is 0 Å². The third-order valence-corrected chi connectivity index (χ3v) is 4.27. The van der Waals surface area contributed by atoms with Gasteiger partial charge in [0.15, 0.2) is 0 Å². The van der Waals surface area contributed by atoms with Crippen molar-refractivity contribution >= 4 is 28.6 Å². The maximum Gasteiger partial charge on any atom is 0.373 e. The summed E-state index contributed by atoms with van der Waals surface area (Å²) in [6, 6.07) is 12.5. The van der Waals surface area contributed by atoms with Crippen molar-refractivity contribution in [3.05, 3.63) is 58.9 Å². The molecule has 0 saturated carbocycles. The average Bonchev–Trinajstić information content (AvgIpc) is 2.99. The second-order valence-corrected chi connectivity index (χ2v) is 5.73. The molecule has 0 bridgehead atoms. The summed E-state index contributed by atoms with van der Waals surface area (Å²) in [5.41, 5.74) is 3.51. The van der Waals surface area contributed by atoms with Gasteiger partial charge in [0.2, 0.25) is 0 Å². The maximum absolute atomic E-state index is 14.0. The molecule has 0 fully saturated rings. The summed E-state index contributed by atoms with van der Waals surface area (Å²) in [5, 5.41) is 19.2. The molecule has 2 N–H and O–H groups in total. The van der Waals surface area contributed by atoms with Crippen LogP contribution in [0.5, 0.6) is 0 Å². The van der Waals surface area contributed by atoms with Crippen LogP contribution in [0.2, 0.25) is 0 Å². The minimum Gasteiger partial charge on any atom is -0.392 e. The Kier molecular flexibility index (Phi) is 6.45. The number of hydrogen-bond acceptors (Lipinski definition) is 5. The number of nitrogens with one attached hydrogen (secondary N) is 1. The molecule has 0 radical (unpaired) electrons. The monoisotopic (exact) mass is 367 g/mol. The van der Waals surface area contributed by atoms with Crippen LogP contribution < -0.4 is 4.90 Å². The number of anilines is 2. The molecule has 0 spiro atoms. The number of aliphatic hydroxyl groups excluding tert-OH is 1. The van der Waals surface area contributed by atoms with E-state index in [1.165, 1.54) is 6.07 Å². The molecule has 0 aliphatic carbocycles. The molecular formula is C20H18FN3O3. The number of rotatable bonds is 4. The molecule has 0 amide bonds. The lowest BCUT2D eigenvalue weighted by molar-refractivity contribution is -0.191. The molecular weight excluding hydrogens is 349 g/mol. The van der Waals surface area contributed by atoms with Crippen molar-refractivity contribution in [1.82, 2.24) is 4.98 Å². The Labute approximate surface area is 155 Å². The zero-order chi connectivity index (χ0) is 20.0. The van der Waals surface area contributed by atoms with Crippen molar-refractivity contribution in [3.8, 4) is 6.07 Å². The van der Waals surface area contributed by atoms with Crippen LogP contribution >= 0.6 is 0 Å². The smallest absolute Gasteiger partial charge is 0.373 e. The number of H-pyrrole nitrogens is 1. The molecule has 3 aromatic rings. The van der Waals surface area contributed by atoms with Crippen molar-refractivity contribution < 1.29 is 19.1 Å². The molecule has 6 nitrogen and oxygen atoms in total. The summed E-state index contributed by atoms with van der Waals surface area (Å²) in [7, 11) is 0. The summed E-state index contributed by atoms with van der Waals surface area (Å²) in [6.07, 6.45) is 0.250. The van der Waals surface area contributed by atoms with Crippen molar-refractivity contribution in [2.75, 3.05) is 11.4 Å². The van der Waals surface area contributed by atoms with Crippen molar-refractivity contribution in [2.24, 2.45) is 0 Å². The van der Waals surface area contributed by atoms with Gasteiger partial charge in [0.25, 0.3) is 0 Å². The number of aromatic amines is 1. The van der Waals surface area contributed by atoms with E-state index in [-0.39, 0.29) is 18.3 Å². The first-order valence-electron chi connectivity index (χ1n) is 8.19. The van der Waals surface area contributed by atoms with E-state index in [1.807, 2.05) is 30.9 Å². The fourth-order valence-electron chi connectivity index (χ4n) is 2.97. The molecule has 7 heteroatoms. The van der Waals surface area contributed by atoms with Gasteiger partial charge in [-0.25, -0.2) is 4.39 Å². The molecule has 0 atom stereocenters. The SMILES string of the molecule is CCN(c1ccc(CO)c(F)c1)c1[nH]c2cc(C#N)ccc2c1C.O=C=O. The Morgan fingerprint density at radius 3 is 2.48 bits per heavy atom. The van der Waals surface area contributed by atoms with Crippen LogP contribution in [0.15, 0.2) is 36.4 Å². The molecule has 2 aromatic carbocycles. The van der Waals surface area contributed by atoms with Crippen LogP contribution in [0.25, 0.3) is 10.9 Å². The normalized spacial score (nSPS) is 9.89. The number of fused-ring (bicyclic) bond motifs is 1. The number of aryl methyl sites for hydroxylation is 1. The molecule has 1 heterocycles. The van der Waals surface area contributed by atoms with E-state index in [1.54, 1.807) is 18.2 Å². The van der Waals surface area contributed by atoms with E-state index in [9.17, 15) is 4.39 Å². The molecule has 0 aliphatic heterocycles. The van der Waals surface area contributed by atoms with Crippen LogP contribution in [-0.4, -0.2) is 22.8 Å². The Bertz CT molecular complexity index is 1030. The molecule has 0 aliphatic rings. The van der Waals surface area contributed by atoms with Crippen molar-refractivity contribution in [1.29, 1.82) is 5.26 Å². The molecule has 0 saturated heterocycles. The van der Waals surface area contributed by atoms with Gasteiger partial charge in [-0.2, -0.15) is 14.9 Å². The van der Waals surface area contributed by atoms with Gasteiger partial charge in [0.05, 0.1) is 18.2 Å². The zero-order valence-corrected chi connectivity index (χ0v) is 14.9. The number of halogens is 1. The first-order chi connectivity index (χ1) is 13.0. The van der Waals surface area contributed by atoms with Gasteiger partial charge in [0.1, 0.15) is 11.6 Å². The van der Waals surface area contributed by atoms with E-state index in [2.05, 4.69) is 11.1 Å². The number of nitrogens with zero attached hydrogens (tertiary/aromatic N) is 2. The maximum atomic E-state index is 14.0. The Morgan fingerprint density at radius 1 is 1.22 bits per heavy atom. The first kappa shape index (κ1) is 19.9. The van der Waals surface area contributed by atoms with Crippen LogP contribution in [0.3, 0.4) is 0 Å². The topological polar surface area (TPSA) is 97.2 Å². The first-order valence-corrected chi connectivity index (χ1v) is 8.19. The average molecular weight is 367 g/mol. The van der Waals surface area contributed by atoms with Crippen LogP contribution in [0.4, 0.5) is 15.9 Å².